The Morgan fingerprint density at radius 3 is 2.48 bits per heavy atom. The molecule has 0 aliphatic carbocycles. The van der Waals surface area contributed by atoms with Gasteiger partial charge in [0.05, 0.1) is 12.1 Å². The molecule has 1 heterocycles. The largest absolute Gasteiger partial charge is 0.444 e. The highest BCUT2D eigenvalue weighted by atomic mass is 16.6. The average Bonchev–Trinajstić information content (AvgIpc) is 2.34. The highest BCUT2D eigenvalue weighted by Gasteiger charge is 2.33. The summed E-state index contributed by atoms with van der Waals surface area (Å²) in [7, 11) is 0. The molecule has 0 radical (unpaired) electrons. The van der Waals surface area contributed by atoms with Crippen LogP contribution >= 0.6 is 0 Å². The van der Waals surface area contributed by atoms with Gasteiger partial charge in [0.2, 0.25) is 5.91 Å². The van der Waals surface area contributed by atoms with Crippen LogP contribution in [0.5, 0.6) is 0 Å². The number of amides is 2. The average molecular weight is 300 g/mol. The summed E-state index contributed by atoms with van der Waals surface area (Å²) in [5.74, 6) is -0.0634. The summed E-state index contributed by atoms with van der Waals surface area (Å²) in [4.78, 5) is 25.1. The summed E-state index contributed by atoms with van der Waals surface area (Å²) in [5, 5.41) is 12.8. The molecule has 1 aliphatic heterocycles. The third kappa shape index (κ3) is 5.91. The second-order valence-corrected chi connectivity index (χ2v) is 6.74. The maximum absolute atomic E-state index is 11.9. The number of aliphatic hydroxyl groups excluding tert-OH is 1. The van der Waals surface area contributed by atoms with Crippen molar-refractivity contribution in [3.8, 4) is 0 Å². The number of nitrogens with one attached hydrogen (secondary N) is 1. The normalized spacial score (nSPS) is 24.4. The number of piperidine rings is 1. The van der Waals surface area contributed by atoms with Crippen LogP contribution in [0.25, 0.3) is 0 Å². The van der Waals surface area contributed by atoms with Gasteiger partial charge in [0, 0.05) is 25.9 Å². The molecule has 1 saturated heterocycles. The third-order valence-electron chi connectivity index (χ3n) is 3.61. The van der Waals surface area contributed by atoms with Crippen LogP contribution in [0.3, 0.4) is 0 Å². The zero-order valence-corrected chi connectivity index (χ0v) is 13.7. The zero-order valence-electron chi connectivity index (χ0n) is 13.7. The lowest BCUT2D eigenvalue weighted by Crippen LogP contribution is -2.54. The van der Waals surface area contributed by atoms with E-state index in [-0.39, 0.29) is 17.9 Å². The number of carbonyl (C=O) groups is 2. The van der Waals surface area contributed by atoms with Gasteiger partial charge in [-0.25, -0.2) is 4.79 Å². The van der Waals surface area contributed by atoms with Gasteiger partial charge in [-0.3, -0.25) is 4.79 Å². The number of ether oxygens (including phenoxy) is 1. The number of carbonyl (C=O) groups excluding carboxylic acids is 2. The fourth-order valence-corrected chi connectivity index (χ4v) is 2.59. The molecule has 0 aromatic heterocycles. The first-order valence-corrected chi connectivity index (χ1v) is 7.55. The first-order valence-electron chi connectivity index (χ1n) is 7.55. The minimum absolute atomic E-state index is 0.0208. The van der Waals surface area contributed by atoms with Gasteiger partial charge < -0.3 is 20.1 Å². The molecular weight excluding hydrogens is 272 g/mol. The van der Waals surface area contributed by atoms with Gasteiger partial charge in [-0.15, -0.1) is 0 Å². The molecular formula is C15H28N2O4. The van der Waals surface area contributed by atoms with Crippen LogP contribution in [-0.2, 0) is 9.53 Å². The molecule has 0 bridgehead atoms. The number of alkyl carbamates (subject to hydrolysis) is 1. The number of nitrogens with zero attached hydrogens (tertiary/aromatic N) is 1. The van der Waals surface area contributed by atoms with Crippen LogP contribution in [0.15, 0.2) is 0 Å². The van der Waals surface area contributed by atoms with Crippen molar-refractivity contribution in [3.05, 3.63) is 0 Å². The lowest BCUT2D eigenvalue weighted by atomic mass is 9.88. The van der Waals surface area contributed by atoms with E-state index >= 15 is 0 Å². The Hall–Kier alpha value is -1.30. The van der Waals surface area contributed by atoms with Gasteiger partial charge in [-0.2, -0.15) is 0 Å². The lowest BCUT2D eigenvalue weighted by molar-refractivity contribution is -0.132. The summed E-state index contributed by atoms with van der Waals surface area (Å²) in [6, 6.07) is -0.191. The van der Waals surface area contributed by atoms with Crippen LogP contribution in [0.4, 0.5) is 4.79 Å². The van der Waals surface area contributed by atoms with E-state index in [1.165, 1.54) is 6.92 Å². The molecule has 3 unspecified atom stereocenters. The van der Waals surface area contributed by atoms with Crippen molar-refractivity contribution in [2.75, 3.05) is 13.1 Å². The summed E-state index contributed by atoms with van der Waals surface area (Å²) in [5.41, 5.74) is -0.554. The quantitative estimate of drug-likeness (QED) is 0.828. The Morgan fingerprint density at radius 2 is 2.00 bits per heavy atom. The summed E-state index contributed by atoms with van der Waals surface area (Å²) in [6.07, 6.45) is 0.339. The molecule has 3 atom stereocenters. The first kappa shape index (κ1) is 17.8. The Morgan fingerprint density at radius 1 is 1.38 bits per heavy atom. The molecule has 0 aromatic carbocycles. The Kier molecular flexibility index (Phi) is 6.01. The van der Waals surface area contributed by atoms with Crippen molar-refractivity contribution < 1.29 is 19.4 Å². The van der Waals surface area contributed by atoms with Crippen molar-refractivity contribution in [1.82, 2.24) is 10.2 Å². The van der Waals surface area contributed by atoms with Crippen LogP contribution in [0.2, 0.25) is 0 Å². The number of rotatable bonds is 3. The van der Waals surface area contributed by atoms with Gasteiger partial charge in [-0.05, 0) is 33.6 Å². The van der Waals surface area contributed by atoms with Gasteiger partial charge in [-0.1, -0.05) is 6.92 Å². The van der Waals surface area contributed by atoms with Crippen LogP contribution in [0, 0.1) is 5.92 Å². The van der Waals surface area contributed by atoms with Gasteiger partial charge in [0.15, 0.2) is 0 Å². The van der Waals surface area contributed by atoms with Crippen molar-refractivity contribution >= 4 is 12.0 Å². The van der Waals surface area contributed by atoms with E-state index in [1.54, 1.807) is 25.7 Å². The standard InChI is InChI=1S/C15H28N2O4/c1-6-13(19)11-7-12(9-17(8-11)10(2)18)16-14(20)21-15(3,4)5/h11-13,19H,6-9H2,1-5H3,(H,16,20). The van der Waals surface area contributed by atoms with Crippen molar-refractivity contribution in [2.45, 2.75) is 65.2 Å². The minimum atomic E-state index is -0.554. The molecule has 0 aromatic rings. The van der Waals surface area contributed by atoms with Crippen molar-refractivity contribution in [2.24, 2.45) is 5.92 Å². The third-order valence-corrected chi connectivity index (χ3v) is 3.61. The molecule has 122 valence electrons. The van der Waals surface area contributed by atoms with E-state index in [1.807, 2.05) is 6.92 Å². The van der Waals surface area contributed by atoms with E-state index in [0.29, 0.717) is 25.9 Å². The second-order valence-electron chi connectivity index (χ2n) is 6.74. The number of likely N-dealkylation sites (tertiary alicyclic amines) is 1. The predicted octanol–water partition coefficient (Wildman–Crippen LogP) is 1.52. The van der Waals surface area contributed by atoms with Crippen molar-refractivity contribution in [3.63, 3.8) is 0 Å². The van der Waals surface area contributed by atoms with Crippen LogP contribution in [-0.4, -0.2) is 52.8 Å². The Labute approximate surface area is 126 Å². The Bertz CT molecular complexity index is 378. The van der Waals surface area contributed by atoms with Crippen LogP contribution in [0.1, 0.15) is 47.5 Å². The molecule has 6 nitrogen and oxygen atoms in total. The minimum Gasteiger partial charge on any atom is -0.444 e. The molecule has 1 aliphatic rings. The maximum atomic E-state index is 11.9. The van der Waals surface area contributed by atoms with Gasteiger partial charge >= 0.3 is 6.09 Å². The topological polar surface area (TPSA) is 78.9 Å². The molecule has 6 heteroatoms. The van der Waals surface area contributed by atoms with E-state index in [2.05, 4.69) is 5.32 Å². The number of aliphatic hydroxyl groups is 1. The van der Waals surface area contributed by atoms with Gasteiger partial charge in [0.1, 0.15) is 5.60 Å². The van der Waals surface area contributed by atoms with Crippen molar-refractivity contribution in [1.29, 1.82) is 0 Å². The molecule has 0 saturated carbocycles. The molecule has 0 spiro atoms. The summed E-state index contributed by atoms with van der Waals surface area (Å²) in [6.45, 7) is 9.83. The maximum Gasteiger partial charge on any atom is 0.407 e. The van der Waals surface area contributed by atoms with E-state index in [4.69, 9.17) is 4.74 Å². The van der Waals surface area contributed by atoms with Gasteiger partial charge in [0.25, 0.3) is 0 Å². The molecule has 1 rings (SSSR count). The molecule has 1 fully saturated rings. The smallest absolute Gasteiger partial charge is 0.407 e. The van der Waals surface area contributed by atoms with Crippen LogP contribution < -0.4 is 5.32 Å². The SMILES string of the molecule is CCC(O)C1CC(NC(=O)OC(C)(C)C)CN(C(C)=O)C1. The van der Waals surface area contributed by atoms with E-state index in [9.17, 15) is 14.7 Å². The Balaban J connectivity index is 2.67. The lowest BCUT2D eigenvalue weighted by Gasteiger charge is -2.39. The first-order chi connectivity index (χ1) is 9.62. The molecule has 2 N–H and O–H groups in total. The highest BCUT2D eigenvalue weighted by Crippen LogP contribution is 2.22. The fourth-order valence-electron chi connectivity index (χ4n) is 2.59. The molecule has 2 amide bonds. The van der Waals surface area contributed by atoms with E-state index in [0.717, 1.165) is 0 Å². The number of hydrogen-bond donors (Lipinski definition) is 2. The predicted molar refractivity (Wildman–Crippen MR) is 79.8 cm³/mol. The fraction of sp³-hybridized carbons (Fsp3) is 0.867. The zero-order chi connectivity index (χ0) is 16.2. The molecule has 21 heavy (non-hydrogen) atoms. The number of hydrogen-bond acceptors (Lipinski definition) is 4. The highest BCUT2D eigenvalue weighted by molar-refractivity contribution is 5.73. The summed E-state index contributed by atoms with van der Waals surface area (Å²) < 4.78 is 5.24. The van der Waals surface area contributed by atoms with E-state index < -0.39 is 17.8 Å². The summed E-state index contributed by atoms with van der Waals surface area (Å²) >= 11 is 0. The monoisotopic (exact) mass is 300 g/mol. The second kappa shape index (κ2) is 7.11.